The normalized spacial score (nSPS) is 19.3. The summed E-state index contributed by atoms with van der Waals surface area (Å²) < 4.78 is 0. The molecule has 3 rings (SSSR count). The van der Waals surface area contributed by atoms with E-state index in [1.807, 2.05) is 65.7 Å². The molecule has 1 N–H and O–H groups in total. The Morgan fingerprint density at radius 1 is 1.00 bits per heavy atom. The van der Waals surface area contributed by atoms with Crippen molar-refractivity contribution in [2.75, 3.05) is 10.0 Å². The molecular weight excluding hydrogens is 328 g/mol. The van der Waals surface area contributed by atoms with Gasteiger partial charge in [0.15, 0.2) is 0 Å². The molecule has 2 unspecified atom stereocenters. The molecule has 1 fully saturated rings. The van der Waals surface area contributed by atoms with Crippen LogP contribution >= 0.6 is 0 Å². The number of nitrogens with zero attached hydrogens (tertiary/aromatic N) is 3. The second-order valence-corrected chi connectivity index (χ2v) is 6.48. The van der Waals surface area contributed by atoms with Crippen molar-refractivity contribution in [3.8, 4) is 0 Å². The molecule has 6 heteroatoms. The Morgan fingerprint density at radius 3 is 2.12 bits per heavy atom. The summed E-state index contributed by atoms with van der Waals surface area (Å²) in [5, 5.41) is 5.51. The van der Waals surface area contributed by atoms with Crippen LogP contribution < -0.4 is 15.4 Å². The Morgan fingerprint density at radius 2 is 1.58 bits per heavy atom. The number of hydrogen-bond acceptors (Lipinski definition) is 4. The zero-order valence-electron chi connectivity index (χ0n) is 15.3. The van der Waals surface area contributed by atoms with Crippen LogP contribution in [0.25, 0.3) is 0 Å². The van der Waals surface area contributed by atoms with E-state index in [4.69, 9.17) is 0 Å². The average Bonchev–Trinajstić information content (AvgIpc) is 2.98. The third-order valence-corrected chi connectivity index (χ3v) is 4.44. The Balaban J connectivity index is 2.01. The molecule has 1 saturated heterocycles. The molecule has 0 bridgehead atoms. The molecule has 2 aromatic rings. The molecule has 2 amide bonds. The fourth-order valence-corrected chi connectivity index (χ4v) is 3.47. The van der Waals surface area contributed by atoms with Crippen LogP contribution in [0.4, 0.5) is 11.4 Å². The number of hydrogen-bond donors (Lipinski definition) is 1. The lowest BCUT2D eigenvalue weighted by Crippen LogP contribution is -2.57. The SMILES string of the molecule is CC(=O)NN(c1ccccc1)C1CC(C)N(c2ccccc2)N1C(C)=O. The second-order valence-electron chi connectivity index (χ2n) is 6.48. The van der Waals surface area contributed by atoms with Crippen LogP contribution in [-0.4, -0.2) is 29.0 Å². The number of nitrogens with one attached hydrogen (secondary N) is 1. The first kappa shape index (κ1) is 17.8. The predicted molar refractivity (Wildman–Crippen MR) is 102 cm³/mol. The highest BCUT2D eigenvalue weighted by Crippen LogP contribution is 2.33. The molecule has 136 valence electrons. The van der Waals surface area contributed by atoms with Gasteiger partial charge in [0.1, 0.15) is 6.17 Å². The maximum atomic E-state index is 12.6. The van der Waals surface area contributed by atoms with Crippen molar-refractivity contribution in [1.29, 1.82) is 0 Å². The summed E-state index contributed by atoms with van der Waals surface area (Å²) in [5.74, 6) is -0.252. The summed E-state index contributed by atoms with van der Waals surface area (Å²) in [5.41, 5.74) is 4.68. The number of carbonyl (C=O) groups excluding carboxylic acids is 2. The highest BCUT2D eigenvalue weighted by Gasteiger charge is 2.42. The summed E-state index contributed by atoms with van der Waals surface area (Å²) in [7, 11) is 0. The molecule has 2 aromatic carbocycles. The van der Waals surface area contributed by atoms with E-state index in [0.717, 1.165) is 11.4 Å². The van der Waals surface area contributed by atoms with Crippen LogP contribution in [0.3, 0.4) is 0 Å². The summed E-state index contributed by atoms with van der Waals surface area (Å²) >= 11 is 0. The van der Waals surface area contributed by atoms with E-state index < -0.39 is 0 Å². The van der Waals surface area contributed by atoms with Crippen molar-refractivity contribution in [2.45, 2.75) is 39.4 Å². The van der Waals surface area contributed by atoms with Gasteiger partial charge in [-0.15, -0.1) is 0 Å². The summed E-state index contributed by atoms with van der Waals surface area (Å²) in [6.07, 6.45) is 0.387. The molecule has 2 atom stereocenters. The highest BCUT2D eigenvalue weighted by molar-refractivity contribution is 5.79. The van der Waals surface area contributed by atoms with Gasteiger partial charge in [-0.3, -0.25) is 25.0 Å². The van der Waals surface area contributed by atoms with Gasteiger partial charge in [0, 0.05) is 20.3 Å². The van der Waals surface area contributed by atoms with E-state index in [1.54, 1.807) is 16.9 Å². The predicted octanol–water partition coefficient (Wildman–Crippen LogP) is 2.93. The van der Waals surface area contributed by atoms with Crippen LogP contribution in [0, 0.1) is 0 Å². The van der Waals surface area contributed by atoms with E-state index in [9.17, 15) is 9.59 Å². The minimum Gasteiger partial charge on any atom is -0.278 e. The van der Waals surface area contributed by atoms with Crippen LogP contribution in [0.15, 0.2) is 60.7 Å². The monoisotopic (exact) mass is 352 g/mol. The van der Waals surface area contributed by atoms with Gasteiger partial charge in [-0.05, 0) is 31.2 Å². The Kier molecular flexibility index (Phi) is 5.11. The Hall–Kier alpha value is -3.02. The van der Waals surface area contributed by atoms with E-state index in [1.165, 1.54) is 6.92 Å². The van der Waals surface area contributed by atoms with Crippen molar-refractivity contribution < 1.29 is 9.59 Å². The number of carbonyl (C=O) groups is 2. The van der Waals surface area contributed by atoms with Gasteiger partial charge in [-0.2, -0.15) is 0 Å². The molecule has 0 aliphatic carbocycles. The van der Waals surface area contributed by atoms with Gasteiger partial charge >= 0.3 is 0 Å². The molecule has 1 heterocycles. The van der Waals surface area contributed by atoms with Crippen molar-refractivity contribution in [3.05, 3.63) is 60.7 Å². The lowest BCUT2D eigenvalue weighted by atomic mass is 10.2. The quantitative estimate of drug-likeness (QED) is 0.860. The smallest absolute Gasteiger partial charge is 0.240 e. The van der Waals surface area contributed by atoms with Crippen LogP contribution in [0.5, 0.6) is 0 Å². The standard InChI is InChI=1S/C20H24N4O2/c1-15-14-20(22(21-16(2)25)18-10-6-4-7-11-18)24(17(3)26)23(15)19-12-8-5-9-13-19/h4-13,15,20H,14H2,1-3H3,(H,21,25). The Bertz CT molecular complexity index is 766. The van der Waals surface area contributed by atoms with Gasteiger partial charge in [0.05, 0.1) is 17.4 Å². The van der Waals surface area contributed by atoms with Crippen molar-refractivity contribution >= 4 is 23.2 Å². The fourth-order valence-electron chi connectivity index (χ4n) is 3.47. The number of rotatable bonds is 4. The average molecular weight is 352 g/mol. The largest absolute Gasteiger partial charge is 0.278 e. The number of hydrazine groups is 2. The molecule has 1 aliphatic rings. The zero-order valence-corrected chi connectivity index (χ0v) is 15.3. The lowest BCUT2D eigenvalue weighted by molar-refractivity contribution is -0.131. The molecule has 0 saturated carbocycles. The molecule has 6 nitrogen and oxygen atoms in total. The van der Waals surface area contributed by atoms with Crippen LogP contribution in [0.2, 0.25) is 0 Å². The highest BCUT2D eigenvalue weighted by atomic mass is 16.2. The second kappa shape index (κ2) is 7.47. The maximum Gasteiger partial charge on any atom is 0.240 e. The first-order valence-electron chi connectivity index (χ1n) is 8.74. The maximum absolute atomic E-state index is 12.6. The topological polar surface area (TPSA) is 55.9 Å². The first-order chi connectivity index (χ1) is 12.5. The van der Waals surface area contributed by atoms with Crippen LogP contribution in [0.1, 0.15) is 27.2 Å². The number of amides is 2. The Labute approximate surface area is 153 Å². The summed E-state index contributed by atoms with van der Waals surface area (Å²) in [4.78, 5) is 24.4. The number of benzene rings is 2. The fraction of sp³-hybridized carbons (Fsp3) is 0.300. The molecule has 0 radical (unpaired) electrons. The zero-order chi connectivity index (χ0) is 18.7. The van der Waals surface area contributed by atoms with Gasteiger partial charge in [0.2, 0.25) is 11.8 Å². The lowest BCUT2D eigenvalue weighted by Gasteiger charge is -2.39. The molecule has 26 heavy (non-hydrogen) atoms. The molecule has 1 aliphatic heterocycles. The molecular formula is C20H24N4O2. The van der Waals surface area contributed by atoms with E-state index in [2.05, 4.69) is 12.3 Å². The van der Waals surface area contributed by atoms with E-state index >= 15 is 0 Å². The van der Waals surface area contributed by atoms with Gasteiger partial charge < -0.3 is 0 Å². The third-order valence-electron chi connectivity index (χ3n) is 4.44. The van der Waals surface area contributed by atoms with E-state index in [-0.39, 0.29) is 24.0 Å². The number of para-hydroxylation sites is 2. The van der Waals surface area contributed by atoms with Crippen LogP contribution in [-0.2, 0) is 9.59 Å². The first-order valence-corrected chi connectivity index (χ1v) is 8.74. The van der Waals surface area contributed by atoms with Crippen molar-refractivity contribution in [3.63, 3.8) is 0 Å². The van der Waals surface area contributed by atoms with Gasteiger partial charge in [-0.25, -0.2) is 5.01 Å². The van der Waals surface area contributed by atoms with E-state index in [0.29, 0.717) is 6.42 Å². The summed E-state index contributed by atoms with van der Waals surface area (Å²) in [6.45, 7) is 5.11. The number of anilines is 2. The minimum atomic E-state index is -0.311. The van der Waals surface area contributed by atoms with Gasteiger partial charge in [0.25, 0.3) is 0 Å². The summed E-state index contributed by atoms with van der Waals surface area (Å²) in [6, 6.07) is 19.5. The van der Waals surface area contributed by atoms with Crippen molar-refractivity contribution in [2.24, 2.45) is 0 Å². The third kappa shape index (κ3) is 3.49. The van der Waals surface area contributed by atoms with Crippen molar-refractivity contribution in [1.82, 2.24) is 10.4 Å². The minimum absolute atomic E-state index is 0.0745. The molecule has 0 aromatic heterocycles. The van der Waals surface area contributed by atoms with Gasteiger partial charge in [-0.1, -0.05) is 36.4 Å². The molecule has 0 spiro atoms.